The molecule has 0 aromatic carbocycles. The average Bonchev–Trinajstić information content (AvgIpc) is 3.57. The van der Waals surface area contributed by atoms with Gasteiger partial charge in [0.05, 0.1) is 31.6 Å². The summed E-state index contributed by atoms with van der Waals surface area (Å²) >= 11 is 0. The lowest BCUT2D eigenvalue weighted by Crippen LogP contribution is -2.47. The third-order valence-electron chi connectivity index (χ3n) is 6.18. The fourth-order valence-electron chi connectivity index (χ4n) is 4.48. The van der Waals surface area contributed by atoms with E-state index in [9.17, 15) is 0 Å². The van der Waals surface area contributed by atoms with Gasteiger partial charge in [-0.25, -0.2) is 0 Å². The van der Waals surface area contributed by atoms with E-state index in [1.165, 1.54) is 12.8 Å². The molecule has 170 valence electrons. The summed E-state index contributed by atoms with van der Waals surface area (Å²) in [6, 6.07) is 8.47. The van der Waals surface area contributed by atoms with Gasteiger partial charge in [-0.15, -0.1) is 0 Å². The van der Waals surface area contributed by atoms with Crippen LogP contribution in [0.25, 0.3) is 0 Å². The zero-order valence-corrected chi connectivity index (χ0v) is 18.7. The molecule has 2 N–H and O–H groups in total. The Bertz CT molecular complexity index is 807. The van der Waals surface area contributed by atoms with Gasteiger partial charge in [-0.05, 0) is 57.1 Å². The lowest BCUT2D eigenvalue weighted by atomic mass is 10.1. The standard InChI is InChI=1S/C23H35N5O3/c1-18-7-8-22(31-18)20(28-11-14-29-15-12-28)17-26-23(24-2)25-16-19(21-6-5-13-30-21)27-9-3-4-10-27/h5-8,13,19-20H,3-4,9-12,14-17H2,1-2H3,(H2,24,25,26). The van der Waals surface area contributed by atoms with Crippen LogP contribution >= 0.6 is 0 Å². The van der Waals surface area contributed by atoms with Gasteiger partial charge in [-0.3, -0.25) is 14.8 Å². The second kappa shape index (κ2) is 10.8. The van der Waals surface area contributed by atoms with E-state index in [1.54, 1.807) is 6.26 Å². The molecule has 0 radical (unpaired) electrons. The van der Waals surface area contributed by atoms with Gasteiger partial charge in [0.15, 0.2) is 5.96 Å². The number of furan rings is 2. The Morgan fingerprint density at radius 1 is 0.968 bits per heavy atom. The second-order valence-corrected chi connectivity index (χ2v) is 8.22. The minimum absolute atomic E-state index is 0.135. The van der Waals surface area contributed by atoms with Crippen molar-refractivity contribution >= 4 is 5.96 Å². The molecule has 2 saturated heterocycles. The zero-order valence-electron chi connectivity index (χ0n) is 18.7. The number of nitrogens with zero attached hydrogens (tertiary/aromatic N) is 3. The monoisotopic (exact) mass is 429 g/mol. The van der Waals surface area contributed by atoms with Gasteiger partial charge in [-0.1, -0.05) is 0 Å². The molecule has 0 spiro atoms. The molecule has 2 aromatic rings. The first-order valence-corrected chi connectivity index (χ1v) is 11.3. The molecule has 31 heavy (non-hydrogen) atoms. The van der Waals surface area contributed by atoms with Crippen LogP contribution < -0.4 is 10.6 Å². The van der Waals surface area contributed by atoms with Crippen molar-refractivity contribution in [2.45, 2.75) is 31.8 Å². The molecule has 0 bridgehead atoms. The highest BCUT2D eigenvalue weighted by Crippen LogP contribution is 2.25. The van der Waals surface area contributed by atoms with Gasteiger partial charge in [-0.2, -0.15) is 0 Å². The van der Waals surface area contributed by atoms with Crippen LogP contribution in [0.4, 0.5) is 0 Å². The van der Waals surface area contributed by atoms with E-state index in [4.69, 9.17) is 13.6 Å². The first-order chi connectivity index (χ1) is 15.2. The zero-order chi connectivity index (χ0) is 21.5. The number of rotatable bonds is 8. The predicted molar refractivity (Wildman–Crippen MR) is 120 cm³/mol. The summed E-state index contributed by atoms with van der Waals surface area (Å²) in [7, 11) is 1.81. The van der Waals surface area contributed by atoms with Crippen LogP contribution in [-0.2, 0) is 4.74 Å². The number of guanidine groups is 1. The van der Waals surface area contributed by atoms with Crippen molar-refractivity contribution in [1.29, 1.82) is 0 Å². The van der Waals surface area contributed by atoms with Crippen LogP contribution in [0.2, 0.25) is 0 Å². The average molecular weight is 430 g/mol. The minimum atomic E-state index is 0.135. The van der Waals surface area contributed by atoms with Gasteiger partial charge in [0.1, 0.15) is 17.3 Å². The molecule has 4 rings (SSSR count). The minimum Gasteiger partial charge on any atom is -0.468 e. The molecule has 2 aliphatic rings. The smallest absolute Gasteiger partial charge is 0.191 e. The van der Waals surface area contributed by atoms with E-state index in [0.29, 0.717) is 6.54 Å². The van der Waals surface area contributed by atoms with Gasteiger partial charge in [0, 0.05) is 33.2 Å². The molecule has 0 aliphatic carbocycles. The molecular weight excluding hydrogens is 394 g/mol. The lowest BCUT2D eigenvalue weighted by Gasteiger charge is -2.34. The Hall–Kier alpha value is -2.29. The quantitative estimate of drug-likeness (QED) is 0.493. The molecule has 2 aliphatic heterocycles. The van der Waals surface area contributed by atoms with E-state index in [0.717, 1.165) is 69.2 Å². The maximum Gasteiger partial charge on any atom is 0.191 e. The van der Waals surface area contributed by atoms with Crippen molar-refractivity contribution < 1.29 is 13.6 Å². The van der Waals surface area contributed by atoms with E-state index in [1.807, 2.05) is 26.1 Å². The van der Waals surface area contributed by atoms with Gasteiger partial charge < -0.3 is 24.2 Å². The number of nitrogens with one attached hydrogen (secondary N) is 2. The Morgan fingerprint density at radius 3 is 2.23 bits per heavy atom. The topological polar surface area (TPSA) is 78.4 Å². The van der Waals surface area contributed by atoms with Crippen molar-refractivity contribution in [1.82, 2.24) is 20.4 Å². The number of likely N-dealkylation sites (tertiary alicyclic amines) is 1. The van der Waals surface area contributed by atoms with E-state index >= 15 is 0 Å². The summed E-state index contributed by atoms with van der Waals surface area (Å²) < 4.78 is 17.3. The summed E-state index contributed by atoms with van der Waals surface area (Å²) in [6.07, 6.45) is 4.24. The van der Waals surface area contributed by atoms with Crippen LogP contribution in [-0.4, -0.2) is 75.3 Å². The van der Waals surface area contributed by atoms with E-state index in [-0.39, 0.29) is 12.1 Å². The molecule has 2 aromatic heterocycles. The first-order valence-electron chi connectivity index (χ1n) is 11.3. The van der Waals surface area contributed by atoms with Crippen LogP contribution in [0.15, 0.2) is 44.4 Å². The highest BCUT2D eigenvalue weighted by atomic mass is 16.5. The Morgan fingerprint density at radius 2 is 1.65 bits per heavy atom. The van der Waals surface area contributed by atoms with E-state index in [2.05, 4.69) is 37.6 Å². The number of hydrogen-bond acceptors (Lipinski definition) is 6. The summed E-state index contributed by atoms with van der Waals surface area (Å²) in [4.78, 5) is 9.36. The van der Waals surface area contributed by atoms with Gasteiger partial charge in [0.25, 0.3) is 0 Å². The fraction of sp³-hybridized carbons (Fsp3) is 0.609. The molecule has 8 nitrogen and oxygen atoms in total. The molecule has 2 unspecified atom stereocenters. The molecule has 2 fully saturated rings. The second-order valence-electron chi connectivity index (χ2n) is 8.22. The summed E-state index contributed by atoms with van der Waals surface area (Å²) in [5.41, 5.74) is 0. The number of aliphatic imine (C=N–C) groups is 1. The number of aryl methyl sites for hydroxylation is 1. The summed E-state index contributed by atoms with van der Waals surface area (Å²) in [5.74, 6) is 3.70. The molecule has 0 saturated carbocycles. The fourth-order valence-corrected chi connectivity index (χ4v) is 4.48. The molecule has 4 heterocycles. The van der Waals surface area contributed by atoms with Crippen LogP contribution in [0.3, 0.4) is 0 Å². The first kappa shape index (κ1) is 21.9. The predicted octanol–water partition coefficient (Wildman–Crippen LogP) is 2.56. The van der Waals surface area contributed by atoms with Gasteiger partial charge in [0.2, 0.25) is 0 Å². The van der Waals surface area contributed by atoms with Crippen molar-refractivity contribution in [3.63, 3.8) is 0 Å². The number of hydrogen-bond donors (Lipinski definition) is 2. The van der Waals surface area contributed by atoms with Crippen LogP contribution in [0.1, 0.15) is 42.2 Å². The third kappa shape index (κ3) is 5.70. The maximum atomic E-state index is 5.98. The normalized spacial score (nSPS) is 20.6. The molecule has 2 atom stereocenters. The summed E-state index contributed by atoms with van der Waals surface area (Å²) in [6.45, 7) is 8.96. The molecular formula is C23H35N5O3. The van der Waals surface area contributed by atoms with Crippen molar-refractivity contribution in [2.75, 3.05) is 59.5 Å². The lowest BCUT2D eigenvalue weighted by molar-refractivity contribution is 0.0124. The Kier molecular flexibility index (Phi) is 7.66. The highest BCUT2D eigenvalue weighted by molar-refractivity contribution is 5.79. The third-order valence-corrected chi connectivity index (χ3v) is 6.18. The van der Waals surface area contributed by atoms with Crippen molar-refractivity contribution in [3.05, 3.63) is 47.8 Å². The highest BCUT2D eigenvalue weighted by Gasteiger charge is 2.27. The summed E-state index contributed by atoms with van der Waals surface area (Å²) in [5, 5.41) is 7.03. The van der Waals surface area contributed by atoms with Crippen molar-refractivity contribution in [2.24, 2.45) is 4.99 Å². The van der Waals surface area contributed by atoms with Crippen LogP contribution in [0.5, 0.6) is 0 Å². The van der Waals surface area contributed by atoms with Gasteiger partial charge >= 0.3 is 0 Å². The largest absolute Gasteiger partial charge is 0.468 e. The number of ether oxygens (including phenoxy) is 1. The maximum absolute atomic E-state index is 5.98. The Balaban J connectivity index is 1.37. The SMILES string of the molecule is CN=C(NCC(c1ccco1)N1CCCC1)NCC(c1ccc(C)o1)N1CCOCC1. The van der Waals surface area contributed by atoms with Crippen molar-refractivity contribution in [3.8, 4) is 0 Å². The number of morpholine rings is 1. The molecule has 8 heteroatoms. The van der Waals surface area contributed by atoms with Crippen LogP contribution in [0, 0.1) is 6.92 Å². The molecule has 0 amide bonds. The van der Waals surface area contributed by atoms with E-state index < -0.39 is 0 Å². The Labute approximate surface area is 184 Å².